The zero-order chi connectivity index (χ0) is 33.0. The first-order valence-corrected chi connectivity index (χ1v) is 15.3. The Bertz CT molecular complexity index is 1700. The number of benzene rings is 4. The van der Waals surface area contributed by atoms with E-state index in [0.29, 0.717) is 28.5 Å². The molecule has 4 aromatic carbocycles. The molecule has 0 saturated heterocycles. The summed E-state index contributed by atoms with van der Waals surface area (Å²) in [6.07, 6.45) is -0.212. The van der Waals surface area contributed by atoms with Crippen LogP contribution in [0.4, 0.5) is 0 Å². The molecule has 0 spiro atoms. The van der Waals surface area contributed by atoms with Crippen molar-refractivity contribution in [1.29, 1.82) is 0 Å². The quantitative estimate of drug-likeness (QED) is 0.141. The van der Waals surface area contributed by atoms with Crippen molar-refractivity contribution in [2.45, 2.75) is 51.4 Å². The largest absolute Gasteiger partial charge is 0.497 e. The molecular formula is C37H37ClO8. The van der Waals surface area contributed by atoms with E-state index in [4.69, 9.17) is 40.0 Å². The smallest absolute Gasteiger partial charge is 0.350 e. The van der Waals surface area contributed by atoms with Crippen LogP contribution in [-0.4, -0.2) is 44.3 Å². The molecule has 2 aliphatic rings. The van der Waals surface area contributed by atoms with E-state index in [0.717, 1.165) is 28.6 Å². The van der Waals surface area contributed by atoms with Gasteiger partial charge in [0.1, 0.15) is 34.9 Å². The van der Waals surface area contributed by atoms with Crippen LogP contribution in [-0.2, 0) is 9.53 Å². The van der Waals surface area contributed by atoms with E-state index in [9.17, 15) is 9.59 Å². The van der Waals surface area contributed by atoms with E-state index in [1.54, 1.807) is 90.4 Å². The van der Waals surface area contributed by atoms with Gasteiger partial charge in [-0.25, -0.2) is 4.79 Å². The Hall–Kier alpha value is -4.69. The molecule has 0 radical (unpaired) electrons. The molecule has 0 amide bonds. The predicted molar refractivity (Wildman–Crippen MR) is 175 cm³/mol. The number of esters is 1. The number of ether oxygens (including phenoxy) is 6. The van der Waals surface area contributed by atoms with Gasteiger partial charge >= 0.3 is 5.97 Å². The van der Waals surface area contributed by atoms with Crippen molar-refractivity contribution < 1.29 is 38.0 Å². The summed E-state index contributed by atoms with van der Waals surface area (Å²) >= 11 is 5.84. The number of fused-ring (bicyclic) bond motifs is 5. The maximum Gasteiger partial charge on any atom is 0.350 e. The van der Waals surface area contributed by atoms with Gasteiger partial charge in [0.25, 0.3) is 0 Å². The van der Waals surface area contributed by atoms with Crippen molar-refractivity contribution in [3.8, 4) is 28.7 Å². The van der Waals surface area contributed by atoms with Crippen LogP contribution < -0.4 is 23.7 Å². The van der Waals surface area contributed by atoms with Gasteiger partial charge in [-0.2, -0.15) is 0 Å². The van der Waals surface area contributed by atoms with E-state index >= 15 is 0 Å². The van der Waals surface area contributed by atoms with Crippen LogP contribution >= 0.6 is 11.6 Å². The van der Waals surface area contributed by atoms with Gasteiger partial charge in [-0.1, -0.05) is 17.7 Å². The Morgan fingerprint density at radius 3 is 1.91 bits per heavy atom. The molecule has 9 heteroatoms. The SMILES string of the molecule is CC(C)OC(=O)C(C)(C)Oc1ccc(C(=O)c2ccc(Cl)cc2)cc1.COc1ccc2c(c1)OC1c3ccc(OC)cc3OCC21. The molecule has 4 aromatic rings. The molecule has 0 fully saturated rings. The molecular weight excluding hydrogens is 608 g/mol. The van der Waals surface area contributed by atoms with E-state index in [1.807, 2.05) is 30.3 Å². The molecule has 0 N–H and O–H groups in total. The fourth-order valence-electron chi connectivity index (χ4n) is 5.21. The summed E-state index contributed by atoms with van der Waals surface area (Å²) in [4.78, 5) is 24.5. The lowest BCUT2D eigenvalue weighted by Gasteiger charge is -2.28. The number of halogens is 1. The van der Waals surface area contributed by atoms with E-state index in [2.05, 4.69) is 6.07 Å². The van der Waals surface area contributed by atoms with Crippen LogP contribution in [0.25, 0.3) is 0 Å². The number of carbonyl (C=O) groups is 2. The number of hydrogen-bond donors (Lipinski definition) is 0. The molecule has 0 aliphatic carbocycles. The third kappa shape index (κ3) is 7.23. The highest BCUT2D eigenvalue weighted by Crippen LogP contribution is 2.52. The van der Waals surface area contributed by atoms with Crippen molar-refractivity contribution in [3.63, 3.8) is 0 Å². The first-order valence-electron chi connectivity index (χ1n) is 14.9. The number of hydrogen-bond acceptors (Lipinski definition) is 8. The van der Waals surface area contributed by atoms with Crippen LogP contribution in [0, 0.1) is 0 Å². The summed E-state index contributed by atoms with van der Waals surface area (Å²) < 4.78 is 33.5. The second-order valence-corrected chi connectivity index (χ2v) is 12.1. The monoisotopic (exact) mass is 644 g/mol. The molecule has 8 nitrogen and oxygen atoms in total. The summed E-state index contributed by atoms with van der Waals surface area (Å²) in [6, 6.07) is 25.2. The molecule has 0 saturated carbocycles. The lowest BCUT2D eigenvalue weighted by molar-refractivity contribution is -0.163. The fourth-order valence-corrected chi connectivity index (χ4v) is 5.33. The highest BCUT2D eigenvalue weighted by atomic mass is 35.5. The third-order valence-electron chi connectivity index (χ3n) is 7.62. The second kappa shape index (κ2) is 13.7. The maximum atomic E-state index is 12.4. The van der Waals surface area contributed by atoms with Crippen molar-refractivity contribution in [3.05, 3.63) is 112 Å². The second-order valence-electron chi connectivity index (χ2n) is 11.7. The average Bonchev–Trinajstić information content (AvgIpc) is 3.43. The van der Waals surface area contributed by atoms with Crippen molar-refractivity contribution >= 4 is 23.4 Å². The highest BCUT2D eigenvalue weighted by molar-refractivity contribution is 6.30. The minimum absolute atomic E-state index is 0.00163. The van der Waals surface area contributed by atoms with Crippen LogP contribution in [0.3, 0.4) is 0 Å². The number of ketones is 1. The van der Waals surface area contributed by atoms with Gasteiger partial charge in [0, 0.05) is 39.4 Å². The molecule has 2 atom stereocenters. The molecule has 6 rings (SSSR count). The van der Waals surface area contributed by atoms with Crippen molar-refractivity contribution in [2.75, 3.05) is 20.8 Å². The topological polar surface area (TPSA) is 89.5 Å². The Morgan fingerprint density at radius 1 is 0.783 bits per heavy atom. The Kier molecular flexibility index (Phi) is 9.77. The molecule has 240 valence electrons. The Balaban J connectivity index is 0.000000183. The lowest BCUT2D eigenvalue weighted by Crippen LogP contribution is -2.40. The van der Waals surface area contributed by atoms with Crippen molar-refractivity contribution in [1.82, 2.24) is 0 Å². The molecule has 2 unspecified atom stereocenters. The van der Waals surface area contributed by atoms with Gasteiger partial charge in [-0.15, -0.1) is 0 Å². The first-order chi connectivity index (χ1) is 22.0. The lowest BCUT2D eigenvalue weighted by atomic mass is 9.89. The van der Waals surface area contributed by atoms with E-state index in [1.165, 1.54) is 5.56 Å². The molecule has 0 bridgehead atoms. The molecule has 0 aromatic heterocycles. The van der Waals surface area contributed by atoms with Gasteiger partial charge in [-0.05, 0) is 94.4 Å². The Morgan fingerprint density at radius 2 is 1.33 bits per heavy atom. The van der Waals surface area contributed by atoms with Crippen molar-refractivity contribution in [2.24, 2.45) is 0 Å². The van der Waals surface area contributed by atoms with Crippen LogP contribution in [0.15, 0.2) is 84.9 Å². The molecule has 46 heavy (non-hydrogen) atoms. The molecule has 2 aliphatic heterocycles. The molecule has 2 heterocycles. The van der Waals surface area contributed by atoms with Gasteiger partial charge in [0.05, 0.1) is 32.8 Å². The highest BCUT2D eigenvalue weighted by Gasteiger charge is 2.41. The minimum atomic E-state index is -1.12. The minimum Gasteiger partial charge on any atom is -0.497 e. The van der Waals surface area contributed by atoms with Gasteiger partial charge in [0.2, 0.25) is 0 Å². The van der Waals surface area contributed by atoms with E-state index < -0.39 is 11.6 Å². The maximum absolute atomic E-state index is 12.4. The van der Waals surface area contributed by atoms with Gasteiger partial charge in [-0.3, -0.25) is 4.79 Å². The van der Waals surface area contributed by atoms with E-state index in [-0.39, 0.29) is 23.9 Å². The number of carbonyl (C=O) groups excluding carboxylic acids is 2. The number of methoxy groups -OCH3 is 2. The summed E-state index contributed by atoms with van der Waals surface area (Å²) in [5.41, 5.74) is 2.21. The third-order valence-corrected chi connectivity index (χ3v) is 7.87. The zero-order valence-corrected chi connectivity index (χ0v) is 27.4. The summed E-state index contributed by atoms with van der Waals surface area (Å²) in [7, 11) is 3.32. The normalized spacial score (nSPS) is 15.9. The van der Waals surface area contributed by atoms with Crippen LogP contribution in [0.5, 0.6) is 28.7 Å². The van der Waals surface area contributed by atoms with Gasteiger partial charge in [0.15, 0.2) is 11.4 Å². The summed E-state index contributed by atoms with van der Waals surface area (Å²) in [5, 5.41) is 0.579. The first kappa shape index (κ1) is 32.7. The van der Waals surface area contributed by atoms with Crippen LogP contribution in [0.2, 0.25) is 5.02 Å². The average molecular weight is 645 g/mol. The number of rotatable bonds is 8. The predicted octanol–water partition coefficient (Wildman–Crippen LogP) is 7.99. The van der Waals surface area contributed by atoms with Gasteiger partial charge < -0.3 is 28.4 Å². The Labute approximate surface area is 274 Å². The summed E-state index contributed by atoms with van der Waals surface area (Å²) in [6.45, 7) is 7.47. The fraction of sp³-hybridized carbons (Fsp3) is 0.297. The zero-order valence-electron chi connectivity index (χ0n) is 26.7. The standard InChI is InChI=1S/C20H21ClO4.C17H16O4/c1-13(2)24-19(23)20(3,4)25-17-11-7-15(8-12-17)18(22)14-5-9-16(21)10-6-14;1-18-10-4-6-13-15(7-10)20-9-14-12-5-3-11(19-2)8-16(12)21-17(13)14/h5-13H,1-4H3;3-8,14,17H,9H2,1-2H3. The summed E-state index contributed by atoms with van der Waals surface area (Å²) in [5.74, 6) is 3.50. The van der Waals surface area contributed by atoms with Crippen LogP contribution in [0.1, 0.15) is 66.8 Å².